The molecule has 2 aromatic rings. The Balaban J connectivity index is 1.71. The molecule has 0 heterocycles. The van der Waals surface area contributed by atoms with Gasteiger partial charge in [-0.1, -0.05) is 36.4 Å². The first-order valence-corrected chi connectivity index (χ1v) is 13.4. The number of esters is 1. The molecular formula is C26H32F3NO6S. The van der Waals surface area contributed by atoms with Crippen LogP contribution in [-0.2, 0) is 39.1 Å². The van der Waals surface area contributed by atoms with Crippen LogP contribution in [0.1, 0.15) is 56.7 Å². The van der Waals surface area contributed by atoms with Gasteiger partial charge in [-0.3, -0.25) is 4.79 Å². The van der Waals surface area contributed by atoms with Crippen molar-refractivity contribution in [2.75, 3.05) is 6.54 Å². The average Bonchev–Trinajstić information content (AvgIpc) is 2.80. The molecule has 0 amide bonds. The molecule has 1 N–H and O–H groups in total. The fourth-order valence-electron chi connectivity index (χ4n) is 4.00. The van der Waals surface area contributed by atoms with Crippen molar-refractivity contribution in [1.29, 1.82) is 0 Å². The van der Waals surface area contributed by atoms with Crippen LogP contribution < -0.4 is 14.2 Å². The van der Waals surface area contributed by atoms with Crippen LogP contribution in [0.3, 0.4) is 0 Å². The SMILES string of the molecule is CC(C)(C)OC(=O)CCCN[C@H]1CCc2c(ccc(OCc3ccccc3)c2OS(=O)(=O)C(F)(F)F)C1. The standard InChI is InChI=1S/C26H32F3NO6S/c1-25(2,3)35-23(31)10-7-15-30-20-12-13-21-19(16-20)11-14-22(34-17-18-8-5-4-6-9-18)24(21)36-37(32,33)26(27,28)29/h4-6,8-9,11,14,20,30H,7,10,12-13,15-17H2,1-3H3/t20-/m0/s1. The zero-order valence-electron chi connectivity index (χ0n) is 21.1. The second kappa shape index (κ2) is 11.7. The third-order valence-corrected chi connectivity index (χ3v) is 6.61. The number of alkyl halides is 3. The Labute approximate surface area is 215 Å². The lowest BCUT2D eigenvalue weighted by Crippen LogP contribution is -2.36. The second-order valence-electron chi connectivity index (χ2n) is 9.87. The minimum Gasteiger partial charge on any atom is -0.485 e. The van der Waals surface area contributed by atoms with E-state index in [9.17, 15) is 26.4 Å². The molecule has 0 saturated heterocycles. The van der Waals surface area contributed by atoms with E-state index < -0.39 is 27.0 Å². The van der Waals surface area contributed by atoms with Crippen LogP contribution in [0.15, 0.2) is 42.5 Å². The summed E-state index contributed by atoms with van der Waals surface area (Å²) in [7, 11) is -5.88. The fraction of sp³-hybridized carbons (Fsp3) is 0.500. The van der Waals surface area contributed by atoms with E-state index in [0.717, 1.165) is 5.56 Å². The largest absolute Gasteiger partial charge is 0.534 e. The van der Waals surface area contributed by atoms with Crippen molar-refractivity contribution in [2.45, 2.75) is 76.6 Å². The van der Waals surface area contributed by atoms with Gasteiger partial charge in [0.05, 0.1) is 0 Å². The Hall–Kier alpha value is -2.79. The number of hydrogen-bond acceptors (Lipinski definition) is 7. The van der Waals surface area contributed by atoms with Crippen LogP contribution in [0.25, 0.3) is 0 Å². The van der Waals surface area contributed by atoms with Gasteiger partial charge in [0.25, 0.3) is 0 Å². The van der Waals surface area contributed by atoms with Gasteiger partial charge in [-0.15, -0.1) is 0 Å². The van der Waals surface area contributed by atoms with E-state index in [4.69, 9.17) is 9.47 Å². The van der Waals surface area contributed by atoms with Crippen molar-refractivity contribution in [2.24, 2.45) is 0 Å². The number of hydrogen-bond donors (Lipinski definition) is 1. The van der Waals surface area contributed by atoms with Crippen molar-refractivity contribution in [3.8, 4) is 11.5 Å². The van der Waals surface area contributed by atoms with Gasteiger partial charge in [0, 0.05) is 18.0 Å². The van der Waals surface area contributed by atoms with Gasteiger partial charge in [-0.2, -0.15) is 21.6 Å². The van der Waals surface area contributed by atoms with Gasteiger partial charge < -0.3 is 19.0 Å². The number of ether oxygens (including phenoxy) is 2. The highest BCUT2D eigenvalue weighted by Crippen LogP contribution is 2.41. The summed E-state index contributed by atoms with van der Waals surface area (Å²) in [6.07, 6.45) is 2.14. The maximum atomic E-state index is 13.1. The maximum absolute atomic E-state index is 13.1. The molecule has 37 heavy (non-hydrogen) atoms. The molecule has 0 radical (unpaired) electrons. The third-order valence-electron chi connectivity index (χ3n) is 5.65. The molecule has 0 spiro atoms. The minimum absolute atomic E-state index is 0.00861. The lowest BCUT2D eigenvalue weighted by atomic mass is 9.87. The number of carbonyl (C=O) groups is 1. The molecule has 0 aromatic heterocycles. The van der Waals surface area contributed by atoms with E-state index in [1.54, 1.807) is 51.1 Å². The highest BCUT2D eigenvalue weighted by Gasteiger charge is 2.49. The number of halogens is 3. The molecule has 1 aliphatic carbocycles. The molecule has 7 nitrogen and oxygen atoms in total. The van der Waals surface area contributed by atoms with Gasteiger partial charge >= 0.3 is 21.6 Å². The summed E-state index contributed by atoms with van der Waals surface area (Å²) in [6, 6.07) is 12.1. The second-order valence-corrected chi connectivity index (χ2v) is 11.4. The van der Waals surface area contributed by atoms with Crippen LogP contribution in [0.4, 0.5) is 13.2 Å². The molecule has 0 unspecified atom stereocenters. The van der Waals surface area contributed by atoms with E-state index in [-0.39, 0.29) is 30.8 Å². The van der Waals surface area contributed by atoms with E-state index in [1.165, 1.54) is 6.07 Å². The molecule has 1 atom stereocenters. The van der Waals surface area contributed by atoms with Gasteiger partial charge in [0.2, 0.25) is 0 Å². The smallest absolute Gasteiger partial charge is 0.485 e. The molecule has 0 bridgehead atoms. The van der Waals surface area contributed by atoms with Crippen molar-refractivity contribution in [1.82, 2.24) is 5.32 Å². The Morgan fingerprint density at radius 1 is 1.08 bits per heavy atom. The van der Waals surface area contributed by atoms with Crippen LogP contribution in [0.2, 0.25) is 0 Å². The van der Waals surface area contributed by atoms with Gasteiger partial charge in [-0.25, -0.2) is 0 Å². The normalized spacial score (nSPS) is 16.1. The Morgan fingerprint density at radius 3 is 2.43 bits per heavy atom. The first kappa shape index (κ1) is 28.8. The van der Waals surface area contributed by atoms with Gasteiger partial charge in [0.15, 0.2) is 11.5 Å². The van der Waals surface area contributed by atoms with E-state index in [1.807, 2.05) is 6.07 Å². The molecule has 3 rings (SSSR count). The van der Waals surface area contributed by atoms with Crippen molar-refractivity contribution < 1.29 is 40.0 Å². The van der Waals surface area contributed by atoms with Crippen LogP contribution in [0.5, 0.6) is 11.5 Å². The summed E-state index contributed by atoms with van der Waals surface area (Å²) in [5.41, 5.74) is -4.29. The highest BCUT2D eigenvalue weighted by atomic mass is 32.2. The molecule has 2 aromatic carbocycles. The molecule has 0 aliphatic heterocycles. The Bertz CT molecular complexity index is 1180. The summed E-state index contributed by atoms with van der Waals surface area (Å²) in [6.45, 7) is 6.00. The van der Waals surface area contributed by atoms with E-state index in [0.29, 0.717) is 43.4 Å². The Morgan fingerprint density at radius 2 is 1.78 bits per heavy atom. The maximum Gasteiger partial charge on any atom is 0.534 e. The fourth-order valence-corrected chi connectivity index (χ4v) is 4.50. The topological polar surface area (TPSA) is 90.9 Å². The molecule has 204 valence electrons. The summed E-state index contributed by atoms with van der Waals surface area (Å²) in [4.78, 5) is 11.9. The molecule has 0 fully saturated rings. The van der Waals surface area contributed by atoms with Gasteiger partial charge in [0.1, 0.15) is 12.2 Å². The zero-order chi connectivity index (χ0) is 27.3. The first-order valence-electron chi connectivity index (χ1n) is 12.0. The van der Waals surface area contributed by atoms with Crippen LogP contribution in [0, 0.1) is 0 Å². The lowest BCUT2D eigenvalue weighted by Gasteiger charge is -2.28. The van der Waals surface area contributed by atoms with Crippen molar-refractivity contribution in [3.05, 3.63) is 59.2 Å². The first-order chi connectivity index (χ1) is 17.2. The predicted octanol–water partition coefficient (Wildman–Crippen LogP) is 5.06. The molecule has 0 saturated carbocycles. The van der Waals surface area contributed by atoms with E-state index in [2.05, 4.69) is 9.50 Å². The Kier molecular flexibility index (Phi) is 9.12. The number of nitrogens with one attached hydrogen (secondary N) is 1. The van der Waals surface area contributed by atoms with Crippen LogP contribution in [-0.4, -0.2) is 38.1 Å². The number of benzene rings is 2. The third kappa shape index (κ3) is 8.36. The van der Waals surface area contributed by atoms with Crippen molar-refractivity contribution in [3.63, 3.8) is 0 Å². The van der Waals surface area contributed by atoms with Crippen LogP contribution >= 0.6 is 0 Å². The summed E-state index contributed by atoms with van der Waals surface area (Å²) < 4.78 is 78.7. The molecular weight excluding hydrogens is 511 g/mol. The number of fused-ring (bicyclic) bond motifs is 1. The average molecular weight is 544 g/mol. The zero-order valence-corrected chi connectivity index (χ0v) is 21.9. The summed E-state index contributed by atoms with van der Waals surface area (Å²) >= 11 is 0. The molecule has 11 heteroatoms. The summed E-state index contributed by atoms with van der Waals surface area (Å²) in [5, 5.41) is 3.36. The number of carbonyl (C=O) groups excluding carboxylic acids is 1. The van der Waals surface area contributed by atoms with E-state index >= 15 is 0 Å². The van der Waals surface area contributed by atoms with Crippen molar-refractivity contribution >= 4 is 16.1 Å². The lowest BCUT2D eigenvalue weighted by molar-refractivity contribution is -0.154. The van der Waals surface area contributed by atoms with Gasteiger partial charge in [-0.05, 0) is 70.2 Å². The number of rotatable bonds is 10. The quantitative estimate of drug-likeness (QED) is 0.194. The monoisotopic (exact) mass is 543 g/mol. The minimum atomic E-state index is -5.88. The summed E-state index contributed by atoms with van der Waals surface area (Å²) in [5.74, 6) is -0.771. The predicted molar refractivity (Wildman–Crippen MR) is 132 cm³/mol. The highest BCUT2D eigenvalue weighted by molar-refractivity contribution is 7.88. The molecule has 1 aliphatic rings.